The second-order valence-corrected chi connectivity index (χ2v) is 6.16. The van der Waals surface area contributed by atoms with Crippen molar-refractivity contribution < 1.29 is 9.59 Å². The summed E-state index contributed by atoms with van der Waals surface area (Å²) in [6.45, 7) is 5.13. The molecule has 5 heteroatoms. The second kappa shape index (κ2) is 8.56. The van der Waals surface area contributed by atoms with Crippen LogP contribution in [0.25, 0.3) is 0 Å². The van der Waals surface area contributed by atoms with E-state index in [-0.39, 0.29) is 12.3 Å². The lowest BCUT2D eigenvalue weighted by Gasteiger charge is -2.33. The van der Waals surface area contributed by atoms with Crippen molar-refractivity contribution in [2.75, 3.05) is 13.1 Å². The average Bonchev–Trinajstić information content (AvgIpc) is 2.53. The van der Waals surface area contributed by atoms with E-state index in [0.717, 1.165) is 30.8 Å². The molecule has 2 N–H and O–H groups in total. The van der Waals surface area contributed by atoms with Crippen molar-refractivity contribution in [1.82, 2.24) is 15.5 Å². The minimum Gasteiger partial charge on any atom is -0.356 e. The number of Topliss-reactive ketones (excluding diaryl/α,β-unsaturated/α-hetero) is 1. The molecule has 0 radical (unpaired) electrons. The summed E-state index contributed by atoms with van der Waals surface area (Å²) in [6.07, 6.45) is 13.1. The lowest BCUT2D eigenvalue weighted by Crippen LogP contribution is -2.51. The van der Waals surface area contributed by atoms with Crippen LogP contribution in [0.3, 0.4) is 0 Å². The largest absolute Gasteiger partial charge is 0.356 e. The third kappa shape index (κ3) is 4.98. The normalized spacial score (nSPS) is 21.1. The first kappa shape index (κ1) is 17.3. The van der Waals surface area contributed by atoms with Crippen LogP contribution in [0.4, 0.5) is 0 Å². The van der Waals surface area contributed by atoms with Crippen LogP contribution in [-0.4, -0.2) is 29.7 Å². The lowest BCUT2D eigenvalue weighted by molar-refractivity contribution is -0.140. The van der Waals surface area contributed by atoms with Gasteiger partial charge in [-0.05, 0) is 25.5 Å². The number of amides is 1. The van der Waals surface area contributed by atoms with Crippen molar-refractivity contribution in [3.05, 3.63) is 35.4 Å². The summed E-state index contributed by atoms with van der Waals surface area (Å²) < 4.78 is 0. The molecule has 1 fully saturated rings. The highest BCUT2D eigenvalue weighted by atomic mass is 16.2. The molecule has 0 aromatic heterocycles. The van der Waals surface area contributed by atoms with Crippen molar-refractivity contribution in [1.29, 1.82) is 0 Å². The van der Waals surface area contributed by atoms with E-state index < -0.39 is 5.91 Å². The Morgan fingerprint density at radius 3 is 2.57 bits per heavy atom. The van der Waals surface area contributed by atoms with Crippen LogP contribution in [-0.2, 0) is 9.59 Å². The van der Waals surface area contributed by atoms with Crippen molar-refractivity contribution in [3.8, 4) is 0 Å². The lowest BCUT2D eigenvalue weighted by atomic mass is 10.1. The van der Waals surface area contributed by atoms with Gasteiger partial charge < -0.3 is 15.5 Å². The standard InChI is InChI=1S/C18H27N3O2/c1-3-4-5-6-7-8-12-21-13-16(22)18(23)20-17(21)15-11-9-10-14(2)19-15/h9-11,19H,3-8,12-13H2,1-2H3,(H,20,23). The Morgan fingerprint density at radius 2 is 1.83 bits per heavy atom. The van der Waals surface area contributed by atoms with Gasteiger partial charge in [-0.15, -0.1) is 0 Å². The first-order chi connectivity index (χ1) is 11.1. The Kier molecular flexibility index (Phi) is 6.44. The molecular weight excluding hydrogens is 290 g/mol. The monoisotopic (exact) mass is 317 g/mol. The molecule has 2 aliphatic rings. The zero-order valence-corrected chi connectivity index (χ0v) is 14.2. The van der Waals surface area contributed by atoms with Gasteiger partial charge in [-0.2, -0.15) is 0 Å². The Hall–Kier alpha value is -2.04. The number of nitrogens with one attached hydrogen (secondary N) is 2. The van der Waals surface area contributed by atoms with E-state index >= 15 is 0 Å². The molecule has 0 aliphatic carbocycles. The summed E-state index contributed by atoms with van der Waals surface area (Å²) in [6, 6.07) is 0. The fourth-order valence-corrected chi connectivity index (χ4v) is 2.81. The number of hydrogen-bond donors (Lipinski definition) is 2. The Bertz CT molecular complexity index is 546. The molecule has 5 nitrogen and oxygen atoms in total. The summed E-state index contributed by atoms with van der Waals surface area (Å²) in [7, 11) is 0. The number of carbonyl (C=O) groups is 2. The average molecular weight is 317 g/mol. The SMILES string of the molecule is CCCCCCCCN1CC(=O)C(=O)NC1=C1C=CC=C(C)N1. The van der Waals surface area contributed by atoms with E-state index in [0.29, 0.717) is 5.82 Å². The van der Waals surface area contributed by atoms with Crippen LogP contribution in [0.1, 0.15) is 52.4 Å². The van der Waals surface area contributed by atoms with Gasteiger partial charge in [-0.3, -0.25) is 9.59 Å². The molecule has 0 aromatic rings. The number of dihydropyridines is 1. The number of carbonyl (C=O) groups excluding carboxylic acids is 2. The summed E-state index contributed by atoms with van der Waals surface area (Å²) >= 11 is 0. The first-order valence-corrected chi connectivity index (χ1v) is 8.57. The molecule has 1 amide bonds. The zero-order valence-electron chi connectivity index (χ0n) is 14.2. The third-order valence-corrected chi connectivity index (χ3v) is 4.11. The quantitative estimate of drug-likeness (QED) is 0.560. The zero-order chi connectivity index (χ0) is 16.7. The second-order valence-electron chi connectivity index (χ2n) is 6.16. The molecule has 0 spiro atoms. The maximum Gasteiger partial charge on any atom is 0.294 e. The van der Waals surface area contributed by atoms with Crippen LogP contribution < -0.4 is 10.6 Å². The van der Waals surface area contributed by atoms with E-state index in [9.17, 15) is 9.59 Å². The highest BCUT2D eigenvalue weighted by Crippen LogP contribution is 2.17. The van der Waals surface area contributed by atoms with E-state index in [1.807, 2.05) is 30.1 Å². The molecule has 0 saturated carbocycles. The fourth-order valence-electron chi connectivity index (χ4n) is 2.81. The van der Waals surface area contributed by atoms with Gasteiger partial charge in [0.15, 0.2) is 0 Å². The molecule has 126 valence electrons. The van der Waals surface area contributed by atoms with Crippen molar-refractivity contribution in [2.45, 2.75) is 52.4 Å². The number of nitrogens with zero attached hydrogens (tertiary/aromatic N) is 1. The maximum absolute atomic E-state index is 11.7. The summed E-state index contributed by atoms with van der Waals surface area (Å²) in [5.41, 5.74) is 1.86. The van der Waals surface area contributed by atoms with Crippen LogP contribution in [0.5, 0.6) is 0 Å². The van der Waals surface area contributed by atoms with Gasteiger partial charge in [0.1, 0.15) is 5.82 Å². The van der Waals surface area contributed by atoms with Gasteiger partial charge >= 0.3 is 0 Å². The molecule has 23 heavy (non-hydrogen) atoms. The van der Waals surface area contributed by atoms with Gasteiger partial charge in [0, 0.05) is 12.2 Å². The minimum atomic E-state index is -0.519. The van der Waals surface area contributed by atoms with Gasteiger partial charge in [0.05, 0.1) is 12.2 Å². The molecule has 0 bridgehead atoms. The Balaban J connectivity index is 1.98. The molecule has 2 rings (SSSR count). The molecule has 0 unspecified atom stereocenters. The Labute approximate surface area is 138 Å². The van der Waals surface area contributed by atoms with E-state index in [2.05, 4.69) is 17.6 Å². The molecule has 0 aromatic carbocycles. The minimum absolute atomic E-state index is 0.165. The van der Waals surface area contributed by atoms with Gasteiger partial charge in [-0.25, -0.2) is 0 Å². The van der Waals surface area contributed by atoms with Gasteiger partial charge in [-0.1, -0.05) is 45.1 Å². The molecule has 1 saturated heterocycles. The van der Waals surface area contributed by atoms with Crippen molar-refractivity contribution in [3.63, 3.8) is 0 Å². The van der Waals surface area contributed by atoms with E-state index in [4.69, 9.17) is 0 Å². The van der Waals surface area contributed by atoms with Crippen LogP contribution in [0, 0.1) is 0 Å². The highest BCUT2D eigenvalue weighted by molar-refractivity contribution is 6.38. The number of rotatable bonds is 7. The van der Waals surface area contributed by atoms with E-state index in [1.165, 1.54) is 25.7 Å². The van der Waals surface area contributed by atoms with Crippen LogP contribution in [0.15, 0.2) is 35.4 Å². The third-order valence-electron chi connectivity index (χ3n) is 4.11. The molecule has 2 aliphatic heterocycles. The van der Waals surface area contributed by atoms with E-state index in [1.54, 1.807) is 0 Å². The van der Waals surface area contributed by atoms with Crippen LogP contribution >= 0.6 is 0 Å². The molecule has 2 heterocycles. The topological polar surface area (TPSA) is 61.4 Å². The Morgan fingerprint density at radius 1 is 1.09 bits per heavy atom. The first-order valence-electron chi connectivity index (χ1n) is 8.57. The predicted molar refractivity (Wildman–Crippen MR) is 91.2 cm³/mol. The predicted octanol–water partition coefficient (Wildman–Crippen LogP) is 2.58. The number of ketones is 1. The van der Waals surface area contributed by atoms with Crippen molar-refractivity contribution >= 4 is 11.7 Å². The van der Waals surface area contributed by atoms with Gasteiger partial charge in [0.25, 0.3) is 5.91 Å². The smallest absolute Gasteiger partial charge is 0.294 e. The summed E-state index contributed by atoms with van der Waals surface area (Å²) in [4.78, 5) is 25.5. The fraction of sp³-hybridized carbons (Fsp3) is 0.556. The number of unbranched alkanes of at least 4 members (excludes halogenated alkanes) is 5. The molecular formula is C18H27N3O2. The number of allylic oxidation sites excluding steroid dienone is 4. The maximum atomic E-state index is 11.7. The van der Waals surface area contributed by atoms with Crippen molar-refractivity contribution in [2.24, 2.45) is 0 Å². The summed E-state index contributed by atoms with van der Waals surface area (Å²) in [5, 5.41) is 6.00. The number of hydrogen-bond acceptors (Lipinski definition) is 4. The summed E-state index contributed by atoms with van der Waals surface area (Å²) in [5.74, 6) is -0.173. The van der Waals surface area contributed by atoms with Gasteiger partial charge in [0.2, 0.25) is 5.78 Å². The van der Waals surface area contributed by atoms with Crippen LogP contribution in [0.2, 0.25) is 0 Å². The molecule has 0 atom stereocenters. The highest BCUT2D eigenvalue weighted by Gasteiger charge is 2.29.